The van der Waals surface area contributed by atoms with Gasteiger partial charge in [0.05, 0.1) is 13.7 Å². The van der Waals surface area contributed by atoms with Gasteiger partial charge in [0.2, 0.25) is 0 Å². The second-order valence-electron chi connectivity index (χ2n) is 8.44. The summed E-state index contributed by atoms with van der Waals surface area (Å²) < 4.78 is 17.3. The maximum absolute atomic E-state index is 13.0. The van der Waals surface area contributed by atoms with E-state index in [4.69, 9.17) is 19.3 Å². The lowest BCUT2D eigenvalue weighted by Gasteiger charge is -2.20. The molecule has 2 aliphatic rings. The van der Waals surface area contributed by atoms with Crippen LogP contribution in [-0.2, 0) is 4.79 Å². The molecule has 2 aromatic rings. The Hall–Kier alpha value is -2.77. The van der Waals surface area contributed by atoms with E-state index in [1.54, 1.807) is 12.0 Å². The molecule has 7 nitrogen and oxygen atoms in total. The number of hydrogen-bond acceptors (Lipinski definition) is 6. The predicted octanol–water partition coefficient (Wildman–Crippen LogP) is 3.06. The van der Waals surface area contributed by atoms with Crippen molar-refractivity contribution in [2.45, 2.75) is 31.3 Å². The van der Waals surface area contributed by atoms with Crippen LogP contribution in [0.1, 0.15) is 30.7 Å². The molecule has 0 unspecified atom stereocenters. The lowest BCUT2D eigenvalue weighted by molar-refractivity contribution is -0.122. The zero-order valence-electron chi connectivity index (χ0n) is 18.8. The molecule has 0 spiro atoms. The van der Waals surface area contributed by atoms with E-state index in [0.717, 1.165) is 11.4 Å². The van der Waals surface area contributed by atoms with Crippen LogP contribution in [0.25, 0.3) is 0 Å². The first kappa shape index (κ1) is 22.4. The third kappa shape index (κ3) is 5.34. The zero-order valence-corrected chi connectivity index (χ0v) is 18.8. The van der Waals surface area contributed by atoms with Gasteiger partial charge < -0.3 is 29.1 Å². The van der Waals surface area contributed by atoms with E-state index in [1.165, 1.54) is 18.4 Å². The quantitative estimate of drug-likeness (QED) is 0.579. The molecule has 1 N–H and O–H groups in total. The molecule has 0 aromatic heterocycles. The number of methoxy groups -OCH3 is 1. The number of benzene rings is 2. The number of aliphatic hydroxyl groups excluding tert-OH is 1. The summed E-state index contributed by atoms with van der Waals surface area (Å²) in [7, 11) is 3.52. The Morgan fingerprint density at radius 2 is 1.84 bits per heavy atom. The number of carbonyl (C=O) groups excluding carboxylic acids is 1. The van der Waals surface area contributed by atoms with Gasteiger partial charge >= 0.3 is 0 Å². The highest BCUT2D eigenvalue weighted by Gasteiger charge is 2.35. The second-order valence-corrected chi connectivity index (χ2v) is 8.44. The molecule has 32 heavy (non-hydrogen) atoms. The molecule has 1 saturated carbocycles. The average Bonchev–Trinajstić information content (AvgIpc) is 3.59. The summed E-state index contributed by atoms with van der Waals surface area (Å²) in [6.07, 6.45) is 2.70. The van der Waals surface area contributed by atoms with Gasteiger partial charge in [-0.1, -0.05) is 12.1 Å². The third-order valence-corrected chi connectivity index (χ3v) is 6.03. The van der Waals surface area contributed by atoms with Crippen molar-refractivity contribution in [2.24, 2.45) is 0 Å². The Bertz CT molecular complexity index is 913. The van der Waals surface area contributed by atoms with Gasteiger partial charge in [-0.2, -0.15) is 0 Å². The molecule has 1 aliphatic carbocycles. The molecule has 0 bridgehead atoms. The molecule has 2 fully saturated rings. The van der Waals surface area contributed by atoms with Crippen LogP contribution in [0.2, 0.25) is 0 Å². The van der Waals surface area contributed by atoms with Crippen LogP contribution in [0, 0.1) is 0 Å². The van der Waals surface area contributed by atoms with Gasteiger partial charge in [0.1, 0.15) is 12.4 Å². The Morgan fingerprint density at radius 3 is 2.53 bits per heavy atom. The maximum Gasteiger partial charge on any atom is 0.268 e. The minimum atomic E-state index is -0.481. The fourth-order valence-corrected chi connectivity index (χ4v) is 3.96. The zero-order chi connectivity index (χ0) is 22.5. The Kier molecular flexibility index (Phi) is 7.17. The molecule has 7 heteroatoms. The van der Waals surface area contributed by atoms with Crippen LogP contribution >= 0.6 is 0 Å². The van der Waals surface area contributed by atoms with Crippen LogP contribution in [0.4, 0.5) is 5.69 Å². The van der Waals surface area contributed by atoms with Crippen molar-refractivity contribution in [3.05, 3.63) is 48.0 Å². The van der Waals surface area contributed by atoms with Crippen LogP contribution in [0.15, 0.2) is 42.5 Å². The van der Waals surface area contributed by atoms with E-state index in [0.29, 0.717) is 50.1 Å². The Balaban J connectivity index is 1.36. The summed E-state index contributed by atoms with van der Waals surface area (Å²) in [5.74, 6) is 2.61. The number of carbonyl (C=O) groups is 1. The number of nitrogens with zero attached hydrogens (tertiary/aromatic N) is 2. The minimum absolute atomic E-state index is 0.0439. The first-order chi connectivity index (χ1) is 15.6. The van der Waals surface area contributed by atoms with E-state index < -0.39 is 6.10 Å². The van der Waals surface area contributed by atoms with Gasteiger partial charge in [0.15, 0.2) is 17.6 Å². The number of likely N-dealkylation sites (N-methyl/N-ethyl adjacent to an activating group) is 1. The van der Waals surface area contributed by atoms with Crippen molar-refractivity contribution in [2.75, 3.05) is 51.9 Å². The SMILES string of the molecule is COc1cc(N2CC[C@H](Oc3ccc(C4CC4)cc3)C2=O)ccc1OCCN(C)CCO. The molecule has 1 saturated heterocycles. The van der Waals surface area contributed by atoms with E-state index in [1.807, 2.05) is 42.3 Å². The fourth-order valence-electron chi connectivity index (χ4n) is 3.96. The summed E-state index contributed by atoms with van der Waals surface area (Å²) in [4.78, 5) is 16.7. The highest BCUT2D eigenvalue weighted by atomic mass is 16.5. The maximum atomic E-state index is 13.0. The van der Waals surface area contributed by atoms with Gasteiger partial charge in [-0.3, -0.25) is 4.79 Å². The van der Waals surface area contributed by atoms with Crippen molar-refractivity contribution in [1.29, 1.82) is 0 Å². The van der Waals surface area contributed by atoms with Crippen molar-refractivity contribution in [3.8, 4) is 17.2 Å². The lowest BCUT2D eigenvalue weighted by atomic mass is 10.1. The van der Waals surface area contributed by atoms with Gasteiger partial charge in [-0.15, -0.1) is 0 Å². The van der Waals surface area contributed by atoms with Gasteiger partial charge in [-0.25, -0.2) is 0 Å². The van der Waals surface area contributed by atoms with E-state index >= 15 is 0 Å². The molecule has 1 atom stereocenters. The monoisotopic (exact) mass is 440 g/mol. The van der Waals surface area contributed by atoms with Crippen LogP contribution in [0.3, 0.4) is 0 Å². The Labute approximate surface area is 189 Å². The molecular weight excluding hydrogens is 408 g/mol. The molecule has 1 heterocycles. The highest BCUT2D eigenvalue weighted by molar-refractivity contribution is 5.99. The van der Waals surface area contributed by atoms with E-state index in [9.17, 15) is 4.79 Å². The molecule has 1 amide bonds. The fraction of sp³-hybridized carbons (Fsp3) is 0.480. The normalized spacial score (nSPS) is 18.3. The summed E-state index contributed by atoms with van der Waals surface area (Å²) in [6, 6.07) is 13.7. The number of anilines is 1. The van der Waals surface area contributed by atoms with Crippen LogP contribution < -0.4 is 19.1 Å². The first-order valence-electron chi connectivity index (χ1n) is 11.3. The molecule has 172 valence electrons. The third-order valence-electron chi connectivity index (χ3n) is 6.03. The summed E-state index contributed by atoms with van der Waals surface area (Å²) in [5, 5.41) is 8.98. The van der Waals surface area contributed by atoms with E-state index in [-0.39, 0.29) is 12.5 Å². The second kappa shape index (κ2) is 10.2. The Morgan fingerprint density at radius 1 is 1.06 bits per heavy atom. The topological polar surface area (TPSA) is 71.5 Å². The largest absolute Gasteiger partial charge is 0.493 e. The number of aliphatic hydroxyl groups is 1. The molecule has 4 rings (SSSR count). The minimum Gasteiger partial charge on any atom is -0.493 e. The smallest absolute Gasteiger partial charge is 0.268 e. The van der Waals surface area contributed by atoms with Crippen LogP contribution in [-0.4, -0.2) is 69.0 Å². The predicted molar refractivity (Wildman–Crippen MR) is 123 cm³/mol. The van der Waals surface area contributed by atoms with E-state index in [2.05, 4.69) is 12.1 Å². The number of amides is 1. The van der Waals surface area contributed by atoms with Crippen molar-refractivity contribution in [3.63, 3.8) is 0 Å². The molecule has 0 radical (unpaired) electrons. The van der Waals surface area contributed by atoms with Crippen molar-refractivity contribution < 1.29 is 24.1 Å². The standard InChI is InChI=1S/C25H32N2O5/c1-26(13-15-28)14-16-31-22-10-7-20(17-24(22)30-2)27-12-11-23(25(27)29)32-21-8-5-19(6-9-21)18-3-4-18/h5-10,17-18,23,28H,3-4,11-16H2,1-2H3/t23-/m0/s1. The van der Waals surface area contributed by atoms with Gasteiger partial charge in [0.25, 0.3) is 5.91 Å². The lowest BCUT2D eigenvalue weighted by Crippen LogP contribution is -2.32. The summed E-state index contributed by atoms with van der Waals surface area (Å²) in [6.45, 7) is 2.49. The molecule has 2 aromatic carbocycles. The first-order valence-corrected chi connectivity index (χ1v) is 11.3. The van der Waals surface area contributed by atoms with Gasteiger partial charge in [0, 0.05) is 37.8 Å². The average molecular weight is 441 g/mol. The van der Waals surface area contributed by atoms with Crippen molar-refractivity contribution >= 4 is 11.6 Å². The number of rotatable bonds is 11. The van der Waals surface area contributed by atoms with Gasteiger partial charge in [-0.05, 0) is 55.6 Å². The highest BCUT2D eigenvalue weighted by Crippen LogP contribution is 2.40. The summed E-state index contributed by atoms with van der Waals surface area (Å²) >= 11 is 0. The van der Waals surface area contributed by atoms with Crippen LogP contribution in [0.5, 0.6) is 17.2 Å². The molecular formula is C25H32N2O5. The van der Waals surface area contributed by atoms with Crippen molar-refractivity contribution in [1.82, 2.24) is 4.90 Å². The number of ether oxygens (including phenoxy) is 3. The summed E-state index contributed by atoms with van der Waals surface area (Å²) in [5.41, 5.74) is 2.12. The molecule has 1 aliphatic heterocycles. The number of hydrogen-bond donors (Lipinski definition) is 1.